The van der Waals surface area contributed by atoms with Crippen LogP contribution < -0.4 is 14.5 Å². The predicted octanol–water partition coefficient (Wildman–Crippen LogP) is 5.13. The third-order valence-electron chi connectivity index (χ3n) is 8.97. The highest BCUT2D eigenvalue weighted by Crippen LogP contribution is 2.39. The number of hydrogen-bond donors (Lipinski definition) is 0. The Kier molecular flexibility index (Phi) is 5.43. The highest BCUT2D eigenvalue weighted by Gasteiger charge is 2.50. The summed E-state index contributed by atoms with van der Waals surface area (Å²) in [5, 5.41) is 0. The molecule has 3 aromatic rings. The largest absolute Gasteiger partial charge is 0.490 e. The van der Waals surface area contributed by atoms with Crippen molar-refractivity contribution in [2.24, 2.45) is 5.41 Å². The lowest BCUT2D eigenvalue weighted by molar-refractivity contribution is -0.127. The van der Waals surface area contributed by atoms with Gasteiger partial charge in [-0.25, -0.2) is 9.97 Å². The van der Waals surface area contributed by atoms with E-state index >= 15 is 0 Å². The van der Waals surface area contributed by atoms with Crippen LogP contribution in [-0.4, -0.2) is 48.9 Å². The molecule has 37 heavy (non-hydrogen) atoms. The van der Waals surface area contributed by atoms with Crippen molar-refractivity contribution in [3.63, 3.8) is 0 Å². The van der Waals surface area contributed by atoms with Gasteiger partial charge >= 0.3 is 0 Å². The number of benzene rings is 2. The number of hydrogen-bond acceptors (Lipinski definition) is 6. The van der Waals surface area contributed by atoms with Crippen molar-refractivity contribution in [3.8, 4) is 5.75 Å². The van der Waals surface area contributed by atoms with Crippen LogP contribution in [0.5, 0.6) is 5.75 Å². The highest BCUT2D eigenvalue weighted by molar-refractivity contribution is 5.52. The van der Waals surface area contributed by atoms with Crippen LogP contribution in [0, 0.1) is 5.41 Å². The molecular formula is C31H36N4O2. The monoisotopic (exact) mass is 496 g/mol. The standard InChI is InChI=1S/C31H36N4O2/c1-30(2,24-8-12-27(13-9-24)37-26-4-3-5-26)23-6-10-25(11-7-23)34-15-14-22-16-32-29(33-28(22)17-34)35-18-31(19-35)20-36-21-31/h6-13,16,26H,3-5,14-15,17-21H2,1-2H3. The first-order valence-corrected chi connectivity index (χ1v) is 13.8. The van der Waals surface area contributed by atoms with E-state index in [1.807, 2.05) is 6.20 Å². The van der Waals surface area contributed by atoms with Crippen molar-refractivity contribution in [1.82, 2.24) is 9.97 Å². The average molecular weight is 497 g/mol. The highest BCUT2D eigenvalue weighted by atomic mass is 16.5. The zero-order valence-corrected chi connectivity index (χ0v) is 21.9. The summed E-state index contributed by atoms with van der Waals surface area (Å²) in [7, 11) is 0. The molecule has 1 spiro atoms. The van der Waals surface area contributed by atoms with Crippen molar-refractivity contribution in [1.29, 1.82) is 0 Å². The first kappa shape index (κ1) is 23.0. The van der Waals surface area contributed by atoms with E-state index in [4.69, 9.17) is 14.5 Å². The first-order chi connectivity index (χ1) is 18.0. The lowest BCUT2D eigenvalue weighted by Gasteiger charge is -2.55. The zero-order chi connectivity index (χ0) is 25.0. The fourth-order valence-corrected chi connectivity index (χ4v) is 6.03. The Morgan fingerprint density at radius 1 is 0.946 bits per heavy atom. The van der Waals surface area contributed by atoms with Crippen LogP contribution in [0.4, 0.5) is 11.6 Å². The van der Waals surface area contributed by atoms with Crippen molar-refractivity contribution < 1.29 is 9.47 Å². The molecule has 3 aliphatic heterocycles. The number of ether oxygens (including phenoxy) is 2. The molecule has 0 atom stereocenters. The predicted molar refractivity (Wildman–Crippen MR) is 146 cm³/mol. The summed E-state index contributed by atoms with van der Waals surface area (Å²) in [5.41, 5.74) is 6.61. The van der Waals surface area contributed by atoms with Gasteiger partial charge in [0.25, 0.3) is 0 Å². The van der Waals surface area contributed by atoms with E-state index in [9.17, 15) is 0 Å². The summed E-state index contributed by atoms with van der Waals surface area (Å²) in [6.07, 6.45) is 7.11. The Hall–Kier alpha value is -3.12. The minimum Gasteiger partial charge on any atom is -0.490 e. The molecule has 4 heterocycles. The Labute approximate surface area is 219 Å². The van der Waals surface area contributed by atoms with Crippen LogP contribution in [0.1, 0.15) is 55.5 Å². The molecule has 6 nitrogen and oxygen atoms in total. The smallest absolute Gasteiger partial charge is 0.225 e. The maximum absolute atomic E-state index is 6.06. The second-order valence-corrected chi connectivity index (χ2v) is 12.0. The number of rotatable bonds is 6. The molecule has 1 aromatic heterocycles. The molecule has 0 unspecified atom stereocenters. The fourth-order valence-electron chi connectivity index (χ4n) is 6.03. The van der Waals surface area contributed by atoms with Gasteiger partial charge in [0.1, 0.15) is 5.75 Å². The van der Waals surface area contributed by atoms with E-state index in [0.29, 0.717) is 11.5 Å². The third-order valence-corrected chi connectivity index (χ3v) is 8.97. The van der Waals surface area contributed by atoms with Crippen molar-refractivity contribution in [2.45, 2.75) is 57.6 Å². The van der Waals surface area contributed by atoms with Gasteiger partial charge in [-0.05, 0) is 66.6 Å². The summed E-state index contributed by atoms with van der Waals surface area (Å²) in [6.45, 7) is 10.2. The molecule has 0 radical (unpaired) electrons. The Bertz CT molecular complexity index is 1270. The van der Waals surface area contributed by atoms with Gasteiger partial charge in [-0.2, -0.15) is 0 Å². The molecule has 1 saturated carbocycles. The number of nitrogens with zero attached hydrogens (tertiary/aromatic N) is 4. The van der Waals surface area contributed by atoms with E-state index < -0.39 is 0 Å². The summed E-state index contributed by atoms with van der Waals surface area (Å²) in [6, 6.07) is 17.8. The number of anilines is 2. The molecule has 6 heteroatoms. The van der Waals surface area contributed by atoms with Crippen molar-refractivity contribution in [2.75, 3.05) is 42.6 Å². The summed E-state index contributed by atoms with van der Waals surface area (Å²) in [4.78, 5) is 14.4. The Balaban J connectivity index is 1.03. The van der Waals surface area contributed by atoms with Gasteiger partial charge in [-0.3, -0.25) is 0 Å². The summed E-state index contributed by atoms with van der Waals surface area (Å²) in [5.74, 6) is 1.86. The molecule has 2 aromatic carbocycles. The van der Waals surface area contributed by atoms with E-state index in [1.54, 1.807) is 0 Å². The zero-order valence-electron chi connectivity index (χ0n) is 21.9. The van der Waals surface area contributed by atoms with Crippen LogP contribution in [0.3, 0.4) is 0 Å². The number of fused-ring (bicyclic) bond motifs is 1. The summed E-state index contributed by atoms with van der Waals surface area (Å²) >= 11 is 0. The molecule has 192 valence electrons. The van der Waals surface area contributed by atoms with E-state index in [2.05, 4.69) is 77.2 Å². The Morgan fingerprint density at radius 2 is 1.65 bits per heavy atom. The Morgan fingerprint density at radius 3 is 2.27 bits per heavy atom. The van der Waals surface area contributed by atoms with Gasteiger partial charge in [0, 0.05) is 36.9 Å². The van der Waals surface area contributed by atoms with Crippen molar-refractivity contribution >= 4 is 11.6 Å². The van der Waals surface area contributed by atoms with Crippen LogP contribution in [-0.2, 0) is 23.1 Å². The van der Waals surface area contributed by atoms with Gasteiger partial charge in [0.05, 0.1) is 37.0 Å². The molecule has 0 N–H and O–H groups in total. The summed E-state index contributed by atoms with van der Waals surface area (Å²) < 4.78 is 11.5. The maximum Gasteiger partial charge on any atom is 0.225 e. The lowest BCUT2D eigenvalue weighted by atomic mass is 9.78. The molecule has 0 amide bonds. The maximum atomic E-state index is 6.06. The average Bonchev–Trinajstić information content (AvgIpc) is 2.84. The third kappa shape index (κ3) is 4.15. The van der Waals surface area contributed by atoms with Gasteiger partial charge in [-0.1, -0.05) is 38.1 Å². The van der Waals surface area contributed by atoms with E-state index in [0.717, 1.165) is 63.2 Å². The van der Waals surface area contributed by atoms with E-state index in [1.165, 1.54) is 41.6 Å². The van der Waals surface area contributed by atoms with Crippen LogP contribution >= 0.6 is 0 Å². The minimum atomic E-state index is -0.0792. The molecule has 1 aliphatic carbocycles. The lowest BCUT2D eigenvalue weighted by Crippen LogP contribution is -2.66. The topological polar surface area (TPSA) is 50.7 Å². The van der Waals surface area contributed by atoms with Gasteiger partial charge < -0.3 is 19.3 Å². The normalized spacial score (nSPS) is 20.6. The molecule has 7 rings (SSSR count). The van der Waals surface area contributed by atoms with E-state index in [-0.39, 0.29) is 5.41 Å². The molecule has 0 bridgehead atoms. The molecule has 4 aliphatic rings. The van der Waals surface area contributed by atoms with Crippen LogP contribution in [0.15, 0.2) is 54.7 Å². The fraction of sp³-hybridized carbons (Fsp3) is 0.484. The number of aromatic nitrogens is 2. The first-order valence-electron chi connectivity index (χ1n) is 13.8. The van der Waals surface area contributed by atoms with Gasteiger partial charge in [0.2, 0.25) is 5.95 Å². The second-order valence-electron chi connectivity index (χ2n) is 12.0. The molecule has 2 saturated heterocycles. The minimum absolute atomic E-state index is 0.0792. The van der Waals surface area contributed by atoms with Crippen LogP contribution in [0.25, 0.3) is 0 Å². The SMILES string of the molecule is CC(C)(c1ccc(OC2CCC2)cc1)c1ccc(N2CCc3cnc(N4CC5(COC5)C4)nc3C2)cc1. The second kappa shape index (κ2) is 8.73. The van der Waals surface area contributed by atoms with Gasteiger partial charge in [0.15, 0.2) is 0 Å². The van der Waals surface area contributed by atoms with Crippen LogP contribution in [0.2, 0.25) is 0 Å². The van der Waals surface area contributed by atoms with Gasteiger partial charge in [-0.15, -0.1) is 0 Å². The molecule has 3 fully saturated rings. The quantitative estimate of drug-likeness (QED) is 0.471. The molecular weight excluding hydrogens is 460 g/mol. The van der Waals surface area contributed by atoms with Crippen molar-refractivity contribution in [3.05, 3.63) is 77.1 Å².